The van der Waals surface area contributed by atoms with Gasteiger partial charge in [0.15, 0.2) is 0 Å². The number of aliphatic hydroxyl groups is 1. The van der Waals surface area contributed by atoms with Crippen LogP contribution in [-0.4, -0.2) is 16.9 Å². The molecule has 2 fully saturated rings. The van der Waals surface area contributed by atoms with Gasteiger partial charge in [0.05, 0.1) is 24.1 Å². The Bertz CT molecular complexity index is 513. The highest BCUT2D eigenvalue weighted by atomic mass is 16.3. The quantitative estimate of drug-likeness (QED) is 0.858. The number of aliphatic hydroxyl groups excluding tert-OH is 1. The number of carbonyl (C=O) groups excluding carboxylic acids is 2. The summed E-state index contributed by atoms with van der Waals surface area (Å²) in [4.78, 5) is 26.3. The van der Waals surface area contributed by atoms with Gasteiger partial charge in [0.1, 0.15) is 0 Å². The lowest BCUT2D eigenvalue weighted by Crippen LogP contribution is -2.32. The van der Waals surface area contributed by atoms with Crippen LogP contribution in [-0.2, 0) is 16.2 Å². The average Bonchev–Trinajstić information content (AvgIpc) is 3.00. The van der Waals surface area contributed by atoms with E-state index in [4.69, 9.17) is 5.11 Å². The van der Waals surface area contributed by atoms with E-state index in [0.29, 0.717) is 11.6 Å². The Kier molecular flexibility index (Phi) is 3.34. The van der Waals surface area contributed by atoms with Crippen molar-refractivity contribution < 1.29 is 14.7 Å². The molecule has 1 heterocycles. The molecular formula is C16H19NO3. The third-order valence-corrected chi connectivity index (χ3v) is 4.69. The molecule has 2 aliphatic rings. The topological polar surface area (TPSA) is 57.6 Å². The number of nitrogens with zero attached hydrogens (tertiary/aromatic N) is 1. The minimum atomic E-state index is -0.120. The number of imide groups is 1. The number of fused-ring (bicyclic) bond motifs is 1. The first kappa shape index (κ1) is 13.3. The minimum absolute atomic E-state index is 0.0361. The summed E-state index contributed by atoms with van der Waals surface area (Å²) in [7, 11) is 0. The summed E-state index contributed by atoms with van der Waals surface area (Å²) in [5.74, 6) is 0.173. The van der Waals surface area contributed by atoms with E-state index in [-0.39, 0.29) is 30.3 Å². The molecule has 1 aromatic rings. The number of hydrogen-bond donors (Lipinski definition) is 1. The van der Waals surface area contributed by atoms with Crippen molar-refractivity contribution in [3.63, 3.8) is 0 Å². The molecule has 0 radical (unpaired) electrons. The Labute approximate surface area is 118 Å². The van der Waals surface area contributed by atoms with Gasteiger partial charge in [0, 0.05) is 0 Å². The normalized spacial score (nSPS) is 29.1. The molecule has 1 saturated carbocycles. The molecule has 1 aliphatic carbocycles. The number of carbonyl (C=O) groups is 2. The highest BCUT2D eigenvalue weighted by Gasteiger charge is 2.52. The number of anilines is 1. The van der Waals surface area contributed by atoms with Gasteiger partial charge in [0.2, 0.25) is 11.8 Å². The summed E-state index contributed by atoms with van der Waals surface area (Å²) < 4.78 is 0. The van der Waals surface area contributed by atoms with E-state index in [9.17, 15) is 9.59 Å². The van der Waals surface area contributed by atoms with E-state index in [0.717, 1.165) is 24.8 Å². The van der Waals surface area contributed by atoms with Crippen molar-refractivity contribution in [2.75, 3.05) is 4.90 Å². The van der Waals surface area contributed by atoms with Gasteiger partial charge in [-0.3, -0.25) is 14.5 Å². The number of rotatable bonds is 3. The van der Waals surface area contributed by atoms with E-state index in [1.54, 1.807) is 24.3 Å². The SMILES string of the molecule is CCC1CC2C(=O)N(c3ccc(CO)cc3)C(=O)C2C1. The zero-order chi connectivity index (χ0) is 14.3. The van der Waals surface area contributed by atoms with Crippen molar-refractivity contribution in [3.05, 3.63) is 29.8 Å². The fourth-order valence-corrected chi connectivity index (χ4v) is 3.47. The first-order valence-corrected chi connectivity index (χ1v) is 7.23. The minimum Gasteiger partial charge on any atom is -0.392 e. The Morgan fingerprint density at radius 2 is 1.65 bits per heavy atom. The van der Waals surface area contributed by atoms with Crippen LogP contribution in [0.3, 0.4) is 0 Å². The van der Waals surface area contributed by atoms with Crippen LogP contribution in [0.5, 0.6) is 0 Å². The molecule has 4 heteroatoms. The Hall–Kier alpha value is -1.68. The van der Waals surface area contributed by atoms with Gasteiger partial charge in [-0.2, -0.15) is 0 Å². The zero-order valence-electron chi connectivity index (χ0n) is 11.6. The van der Waals surface area contributed by atoms with Crippen LogP contribution in [0.2, 0.25) is 0 Å². The monoisotopic (exact) mass is 273 g/mol. The molecule has 20 heavy (non-hydrogen) atoms. The van der Waals surface area contributed by atoms with Gasteiger partial charge in [-0.15, -0.1) is 0 Å². The molecule has 0 bridgehead atoms. The third kappa shape index (κ3) is 1.95. The van der Waals surface area contributed by atoms with Crippen molar-refractivity contribution in [1.82, 2.24) is 0 Å². The maximum atomic E-state index is 12.5. The first-order chi connectivity index (χ1) is 9.65. The number of amides is 2. The molecule has 4 nitrogen and oxygen atoms in total. The molecule has 1 aliphatic heterocycles. The molecule has 0 aromatic heterocycles. The second kappa shape index (κ2) is 5.02. The van der Waals surface area contributed by atoms with Crippen molar-refractivity contribution >= 4 is 17.5 Å². The number of hydrogen-bond acceptors (Lipinski definition) is 3. The van der Waals surface area contributed by atoms with Crippen LogP contribution in [0.15, 0.2) is 24.3 Å². The molecule has 2 amide bonds. The molecule has 106 valence electrons. The lowest BCUT2D eigenvalue weighted by Gasteiger charge is -2.17. The van der Waals surface area contributed by atoms with E-state index < -0.39 is 0 Å². The first-order valence-electron chi connectivity index (χ1n) is 7.23. The second-order valence-electron chi connectivity index (χ2n) is 5.80. The summed E-state index contributed by atoms with van der Waals surface area (Å²) in [5, 5.41) is 9.04. The molecule has 3 rings (SSSR count). The van der Waals surface area contributed by atoms with Crippen molar-refractivity contribution in [2.45, 2.75) is 32.8 Å². The Balaban J connectivity index is 1.85. The highest BCUT2D eigenvalue weighted by molar-refractivity contribution is 6.22. The summed E-state index contributed by atoms with van der Waals surface area (Å²) >= 11 is 0. The molecule has 1 saturated heterocycles. The lowest BCUT2D eigenvalue weighted by atomic mass is 10.00. The maximum Gasteiger partial charge on any atom is 0.237 e. The molecular weight excluding hydrogens is 254 g/mol. The van der Waals surface area contributed by atoms with Crippen LogP contribution in [0.1, 0.15) is 31.7 Å². The summed E-state index contributed by atoms with van der Waals surface area (Å²) in [5.41, 5.74) is 1.40. The van der Waals surface area contributed by atoms with Gasteiger partial charge >= 0.3 is 0 Å². The van der Waals surface area contributed by atoms with Crippen LogP contribution in [0.25, 0.3) is 0 Å². The van der Waals surface area contributed by atoms with E-state index in [1.807, 2.05) is 0 Å². The summed E-state index contributed by atoms with van der Waals surface area (Å²) in [6, 6.07) is 6.97. The summed E-state index contributed by atoms with van der Waals surface area (Å²) in [6.07, 6.45) is 2.73. The van der Waals surface area contributed by atoms with Gasteiger partial charge < -0.3 is 5.11 Å². The standard InChI is InChI=1S/C16H19NO3/c1-2-10-7-13-14(8-10)16(20)17(15(13)19)12-5-3-11(9-18)4-6-12/h3-6,10,13-14,18H,2,7-9H2,1H3. The average molecular weight is 273 g/mol. The predicted octanol–water partition coefficient (Wildman–Crippen LogP) is 2.10. The third-order valence-electron chi connectivity index (χ3n) is 4.69. The molecule has 1 aromatic carbocycles. The van der Waals surface area contributed by atoms with Crippen molar-refractivity contribution in [2.24, 2.45) is 17.8 Å². The molecule has 2 atom stereocenters. The highest BCUT2D eigenvalue weighted by Crippen LogP contribution is 2.45. The lowest BCUT2D eigenvalue weighted by molar-refractivity contribution is -0.123. The Morgan fingerprint density at radius 1 is 1.10 bits per heavy atom. The van der Waals surface area contributed by atoms with Gasteiger partial charge in [-0.1, -0.05) is 25.5 Å². The van der Waals surface area contributed by atoms with Crippen molar-refractivity contribution in [1.29, 1.82) is 0 Å². The molecule has 2 unspecified atom stereocenters. The van der Waals surface area contributed by atoms with Gasteiger partial charge in [-0.05, 0) is 36.5 Å². The van der Waals surface area contributed by atoms with E-state index >= 15 is 0 Å². The van der Waals surface area contributed by atoms with Crippen LogP contribution < -0.4 is 4.90 Å². The Morgan fingerprint density at radius 3 is 2.10 bits per heavy atom. The largest absolute Gasteiger partial charge is 0.392 e. The van der Waals surface area contributed by atoms with E-state index in [2.05, 4.69) is 6.92 Å². The van der Waals surface area contributed by atoms with Gasteiger partial charge in [-0.25, -0.2) is 0 Å². The van der Waals surface area contributed by atoms with Gasteiger partial charge in [0.25, 0.3) is 0 Å². The van der Waals surface area contributed by atoms with E-state index in [1.165, 1.54) is 4.90 Å². The summed E-state index contributed by atoms with van der Waals surface area (Å²) in [6.45, 7) is 2.08. The fourth-order valence-electron chi connectivity index (χ4n) is 3.47. The smallest absolute Gasteiger partial charge is 0.237 e. The zero-order valence-corrected chi connectivity index (χ0v) is 11.6. The second-order valence-corrected chi connectivity index (χ2v) is 5.80. The van der Waals surface area contributed by atoms with Crippen LogP contribution in [0.4, 0.5) is 5.69 Å². The molecule has 0 spiro atoms. The van der Waals surface area contributed by atoms with Crippen LogP contribution in [0, 0.1) is 17.8 Å². The fraction of sp³-hybridized carbons (Fsp3) is 0.500. The molecule has 1 N–H and O–H groups in total. The maximum absolute atomic E-state index is 12.5. The predicted molar refractivity (Wildman–Crippen MR) is 74.9 cm³/mol. The van der Waals surface area contributed by atoms with Crippen molar-refractivity contribution in [3.8, 4) is 0 Å². The van der Waals surface area contributed by atoms with Crippen LogP contribution >= 0.6 is 0 Å². The number of benzene rings is 1.